The lowest BCUT2D eigenvalue weighted by atomic mass is 10.2. The van der Waals surface area contributed by atoms with E-state index in [0.29, 0.717) is 12.3 Å². The average Bonchev–Trinajstić information content (AvgIpc) is 2.89. The molecule has 0 amide bonds. The number of aryl methyl sites for hydroxylation is 2. The van der Waals surface area contributed by atoms with Gasteiger partial charge >= 0.3 is 0 Å². The van der Waals surface area contributed by atoms with E-state index in [-0.39, 0.29) is 0 Å². The van der Waals surface area contributed by atoms with Crippen molar-refractivity contribution in [2.75, 3.05) is 0 Å². The van der Waals surface area contributed by atoms with Crippen LogP contribution in [0.3, 0.4) is 0 Å². The maximum absolute atomic E-state index is 8.65. The highest BCUT2D eigenvalue weighted by molar-refractivity contribution is 5.24. The molecule has 2 heterocycles. The fraction of sp³-hybridized carbons (Fsp3) is 0.385. The maximum atomic E-state index is 8.65. The summed E-state index contributed by atoms with van der Waals surface area (Å²) in [5.41, 5.74) is 3.42. The fourth-order valence-corrected chi connectivity index (χ4v) is 1.92. The van der Waals surface area contributed by atoms with Crippen LogP contribution in [0.25, 0.3) is 0 Å². The zero-order valence-corrected chi connectivity index (χ0v) is 10.8. The molecular weight excluding hydrogens is 228 g/mol. The molecule has 0 saturated carbocycles. The maximum Gasteiger partial charge on any atom is 0.203 e. The third kappa shape index (κ3) is 2.44. The Hall–Kier alpha value is -2.06. The second-order valence-electron chi connectivity index (χ2n) is 4.25. The Kier molecular flexibility index (Phi) is 3.49. The topological polar surface area (TPSA) is 66.8 Å². The Morgan fingerprint density at radius 2 is 2.17 bits per heavy atom. The lowest BCUT2D eigenvalue weighted by molar-refractivity contribution is 0.473. The number of nitriles is 1. The first kappa shape index (κ1) is 12.4. The molecule has 94 valence electrons. The molecule has 0 aliphatic carbocycles. The first-order valence-corrected chi connectivity index (χ1v) is 5.80. The van der Waals surface area contributed by atoms with E-state index in [0.717, 1.165) is 23.7 Å². The summed E-state index contributed by atoms with van der Waals surface area (Å²) < 4.78 is 7.17. The highest BCUT2D eigenvalue weighted by Crippen LogP contribution is 2.12. The zero-order chi connectivity index (χ0) is 13.1. The molecule has 1 N–H and O–H groups in total. The van der Waals surface area contributed by atoms with E-state index in [4.69, 9.17) is 9.68 Å². The van der Waals surface area contributed by atoms with Crippen LogP contribution in [0.15, 0.2) is 16.5 Å². The van der Waals surface area contributed by atoms with Crippen LogP contribution in [-0.4, -0.2) is 9.78 Å². The molecule has 0 aliphatic heterocycles. The van der Waals surface area contributed by atoms with Crippen LogP contribution in [0, 0.1) is 25.2 Å². The molecule has 0 aliphatic rings. The fourth-order valence-electron chi connectivity index (χ4n) is 1.92. The van der Waals surface area contributed by atoms with Crippen molar-refractivity contribution in [1.82, 2.24) is 15.1 Å². The lowest BCUT2D eigenvalue weighted by Gasteiger charge is -2.03. The Balaban J connectivity index is 1.94. The Morgan fingerprint density at radius 1 is 1.39 bits per heavy atom. The smallest absolute Gasteiger partial charge is 0.203 e. The van der Waals surface area contributed by atoms with Gasteiger partial charge in [0.05, 0.1) is 12.2 Å². The summed E-state index contributed by atoms with van der Waals surface area (Å²) in [6, 6.07) is 5.46. The first-order chi connectivity index (χ1) is 8.61. The van der Waals surface area contributed by atoms with Gasteiger partial charge in [0.1, 0.15) is 11.8 Å². The first-order valence-electron chi connectivity index (χ1n) is 5.80. The summed E-state index contributed by atoms with van der Waals surface area (Å²) in [6.07, 6.45) is 0. The summed E-state index contributed by atoms with van der Waals surface area (Å²) in [4.78, 5) is 0. The molecule has 2 aromatic rings. The van der Waals surface area contributed by atoms with Crippen molar-refractivity contribution < 1.29 is 4.42 Å². The van der Waals surface area contributed by atoms with Crippen molar-refractivity contribution >= 4 is 0 Å². The van der Waals surface area contributed by atoms with Crippen LogP contribution < -0.4 is 5.32 Å². The van der Waals surface area contributed by atoms with Crippen LogP contribution in [-0.2, 0) is 20.1 Å². The number of aromatic nitrogens is 2. The summed E-state index contributed by atoms with van der Waals surface area (Å²) >= 11 is 0. The normalized spacial score (nSPS) is 10.6. The third-order valence-corrected chi connectivity index (χ3v) is 3.03. The van der Waals surface area contributed by atoms with E-state index in [2.05, 4.69) is 17.3 Å². The van der Waals surface area contributed by atoms with Crippen LogP contribution in [0.5, 0.6) is 0 Å². The molecule has 5 nitrogen and oxygen atoms in total. The second kappa shape index (κ2) is 5.07. The van der Waals surface area contributed by atoms with Gasteiger partial charge in [-0.3, -0.25) is 4.68 Å². The molecule has 0 aromatic carbocycles. The zero-order valence-electron chi connectivity index (χ0n) is 10.8. The largest absolute Gasteiger partial charge is 0.449 e. The van der Waals surface area contributed by atoms with Crippen molar-refractivity contribution in [3.63, 3.8) is 0 Å². The second-order valence-corrected chi connectivity index (χ2v) is 4.25. The molecule has 18 heavy (non-hydrogen) atoms. The van der Waals surface area contributed by atoms with E-state index < -0.39 is 0 Å². The molecule has 0 spiro atoms. The van der Waals surface area contributed by atoms with E-state index in [1.165, 1.54) is 5.56 Å². The molecule has 0 atom stereocenters. The SMILES string of the molecule is Cc1nn(C)c(C)c1CNCc1ccc(C#N)o1. The van der Waals surface area contributed by atoms with Gasteiger partial charge in [0.15, 0.2) is 0 Å². The number of nitrogens with zero attached hydrogens (tertiary/aromatic N) is 3. The summed E-state index contributed by atoms with van der Waals surface area (Å²) in [5.74, 6) is 1.12. The van der Waals surface area contributed by atoms with Gasteiger partial charge in [0, 0.05) is 24.8 Å². The average molecular weight is 244 g/mol. The van der Waals surface area contributed by atoms with Gasteiger partial charge in [-0.05, 0) is 26.0 Å². The molecule has 5 heteroatoms. The molecule has 2 aromatic heterocycles. The van der Waals surface area contributed by atoms with Crippen LogP contribution >= 0.6 is 0 Å². The van der Waals surface area contributed by atoms with Crippen molar-refractivity contribution in [3.05, 3.63) is 40.6 Å². The van der Waals surface area contributed by atoms with E-state index in [1.54, 1.807) is 6.07 Å². The highest BCUT2D eigenvalue weighted by atomic mass is 16.3. The molecule has 0 fully saturated rings. The standard InChI is InChI=1S/C13H16N4O/c1-9-13(10(2)17(3)16-9)8-15-7-12-5-4-11(6-14)18-12/h4-5,15H,7-8H2,1-3H3. The van der Waals surface area contributed by atoms with Gasteiger partial charge in [-0.2, -0.15) is 10.4 Å². The highest BCUT2D eigenvalue weighted by Gasteiger charge is 2.09. The van der Waals surface area contributed by atoms with Crippen LogP contribution in [0.4, 0.5) is 0 Å². The van der Waals surface area contributed by atoms with Crippen molar-refractivity contribution in [3.8, 4) is 6.07 Å². The molecule has 0 bridgehead atoms. The van der Waals surface area contributed by atoms with E-state index in [9.17, 15) is 0 Å². The summed E-state index contributed by atoms with van der Waals surface area (Å²) in [5, 5.41) is 16.3. The lowest BCUT2D eigenvalue weighted by Crippen LogP contribution is -2.13. The Morgan fingerprint density at radius 3 is 2.72 bits per heavy atom. The quantitative estimate of drug-likeness (QED) is 0.890. The number of hydrogen-bond donors (Lipinski definition) is 1. The van der Waals surface area contributed by atoms with Crippen molar-refractivity contribution in [1.29, 1.82) is 5.26 Å². The van der Waals surface area contributed by atoms with Crippen molar-refractivity contribution in [2.45, 2.75) is 26.9 Å². The van der Waals surface area contributed by atoms with Gasteiger partial charge in [0.2, 0.25) is 5.76 Å². The minimum atomic E-state index is 0.348. The molecule has 2 rings (SSSR count). The Labute approximate surface area is 106 Å². The minimum absolute atomic E-state index is 0.348. The van der Waals surface area contributed by atoms with Gasteiger partial charge in [-0.15, -0.1) is 0 Å². The van der Waals surface area contributed by atoms with E-state index >= 15 is 0 Å². The Bertz CT molecular complexity index is 589. The minimum Gasteiger partial charge on any atom is -0.449 e. The number of hydrogen-bond acceptors (Lipinski definition) is 4. The molecule has 0 radical (unpaired) electrons. The van der Waals surface area contributed by atoms with Gasteiger partial charge in [-0.1, -0.05) is 0 Å². The predicted octanol–water partition coefficient (Wildman–Crippen LogP) is 1.79. The summed E-state index contributed by atoms with van der Waals surface area (Å²) in [7, 11) is 1.94. The number of nitrogens with one attached hydrogen (secondary N) is 1. The summed E-state index contributed by atoms with van der Waals surface area (Å²) in [6.45, 7) is 5.41. The van der Waals surface area contributed by atoms with Gasteiger partial charge < -0.3 is 9.73 Å². The van der Waals surface area contributed by atoms with Crippen LogP contribution in [0.2, 0.25) is 0 Å². The molecule has 0 unspecified atom stereocenters. The van der Waals surface area contributed by atoms with Crippen molar-refractivity contribution in [2.24, 2.45) is 7.05 Å². The third-order valence-electron chi connectivity index (χ3n) is 3.03. The monoisotopic (exact) mass is 244 g/mol. The van der Waals surface area contributed by atoms with Gasteiger partial charge in [0.25, 0.3) is 0 Å². The van der Waals surface area contributed by atoms with Crippen LogP contribution in [0.1, 0.15) is 28.5 Å². The number of rotatable bonds is 4. The molecule has 0 saturated heterocycles. The predicted molar refractivity (Wildman–Crippen MR) is 66.6 cm³/mol. The number of furan rings is 1. The molecular formula is C13H16N4O. The van der Waals surface area contributed by atoms with Gasteiger partial charge in [-0.25, -0.2) is 0 Å². The van der Waals surface area contributed by atoms with E-state index in [1.807, 2.05) is 30.8 Å².